The van der Waals surface area contributed by atoms with E-state index in [9.17, 15) is 22.8 Å². The Morgan fingerprint density at radius 1 is 1.15 bits per heavy atom. The third kappa shape index (κ3) is 5.27. The monoisotopic (exact) mass is 474 g/mol. The van der Waals surface area contributed by atoms with Crippen LogP contribution in [0.25, 0.3) is 0 Å². The van der Waals surface area contributed by atoms with Gasteiger partial charge in [-0.1, -0.05) is 30.3 Å². The molecule has 1 saturated heterocycles. The number of halogens is 3. The Kier molecular flexibility index (Phi) is 6.71. The number of hydrogen-bond donors (Lipinski definition) is 1. The predicted octanol–water partition coefficient (Wildman–Crippen LogP) is 5.06. The van der Waals surface area contributed by atoms with Crippen LogP contribution in [0.1, 0.15) is 56.0 Å². The first-order valence-electron chi connectivity index (χ1n) is 11.4. The van der Waals surface area contributed by atoms with Crippen LogP contribution in [0, 0.1) is 17.6 Å². The molecular weight excluding hydrogens is 445 g/mol. The number of amides is 1. The maximum Gasteiger partial charge on any atom is 0.408 e. The van der Waals surface area contributed by atoms with E-state index in [4.69, 9.17) is 4.74 Å². The van der Waals surface area contributed by atoms with E-state index in [0.717, 1.165) is 23.3 Å². The molecule has 1 aliphatic heterocycles. The van der Waals surface area contributed by atoms with E-state index >= 15 is 0 Å². The van der Waals surface area contributed by atoms with Crippen molar-refractivity contribution in [3.05, 3.63) is 70.8 Å². The summed E-state index contributed by atoms with van der Waals surface area (Å²) in [5, 5.41) is 2.90. The number of ether oxygens (including phenoxy) is 1. The number of benzene rings is 2. The Morgan fingerprint density at radius 2 is 1.85 bits per heavy atom. The van der Waals surface area contributed by atoms with Crippen molar-refractivity contribution in [3.8, 4) is 0 Å². The summed E-state index contributed by atoms with van der Waals surface area (Å²) in [5.74, 6) is -2.16. The molecular formula is C26H29F3N2O3. The molecule has 4 rings (SSSR count). The number of ketones is 1. The SMILES string of the molecule is CC(C)(C)OC(=O)N[C@H]1c2ccccc2C[C@@H]1CC(=O)C(c1ccc(F)cc1F)N1CC(F)C1. The lowest BCUT2D eigenvalue weighted by Crippen LogP contribution is -2.52. The summed E-state index contributed by atoms with van der Waals surface area (Å²) in [5.41, 5.74) is 1.27. The van der Waals surface area contributed by atoms with Crippen LogP contribution < -0.4 is 5.32 Å². The number of nitrogens with one attached hydrogen (secondary N) is 1. The summed E-state index contributed by atoms with van der Waals surface area (Å²) in [7, 11) is 0. The molecule has 3 atom stereocenters. The van der Waals surface area contributed by atoms with Crippen molar-refractivity contribution in [2.45, 2.75) is 57.5 Å². The second-order valence-electron chi connectivity index (χ2n) is 10.1. The topological polar surface area (TPSA) is 58.6 Å². The first kappa shape index (κ1) is 24.3. The molecule has 0 radical (unpaired) electrons. The van der Waals surface area contributed by atoms with Gasteiger partial charge in [-0.05, 0) is 50.3 Å². The summed E-state index contributed by atoms with van der Waals surface area (Å²) in [6.45, 7) is 5.32. The minimum Gasteiger partial charge on any atom is -0.444 e. The Bertz CT molecular complexity index is 1080. The van der Waals surface area contributed by atoms with Crippen LogP contribution >= 0.6 is 0 Å². The van der Waals surface area contributed by atoms with Crippen LogP contribution in [0.15, 0.2) is 42.5 Å². The minimum absolute atomic E-state index is 0.0116. The van der Waals surface area contributed by atoms with Gasteiger partial charge in [-0.2, -0.15) is 0 Å². The molecule has 2 aromatic carbocycles. The van der Waals surface area contributed by atoms with E-state index in [1.54, 1.807) is 25.7 Å². The summed E-state index contributed by atoms with van der Waals surface area (Å²) in [6, 6.07) is 9.23. The Labute approximate surface area is 197 Å². The number of likely N-dealkylation sites (tertiary alicyclic amines) is 1. The van der Waals surface area contributed by atoms with E-state index in [1.807, 2.05) is 24.3 Å². The standard InChI is InChI=1S/C26H29F3N2O3/c1-26(2,3)34-25(33)30-23-16(10-15-6-4-5-7-19(15)23)11-22(32)24(31-13-18(28)14-31)20-9-8-17(27)12-21(20)29/h4-9,12,16,18,23-24H,10-11,13-14H2,1-3H3,(H,30,33)/t16-,23-,24?/m1/s1. The molecule has 182 valence electrons. The van der Waals surface area contributed by atoms with Gasteiger partial charge in [0.2, 0.25) is 0 Å². The molecule has 2 aromatic rings. The lowest BCUT2D eigenvalue weighted by Gasteiger charge is -2.40. The number of rotatable bonds is 6. The zero-order valence-electron chi connectivity index (χ0n) is 19.5. The van der Waals surface area contributed by atoms with Crippen molar-refractivity contribution in [2.75, 3.05) is 13.1 Å². The molecule has 1 unspecified atom stereocenters. The molecule has 1 amide bonds. The largest absolute Gasteiger partial charge is 0.444 e. The molecule has 1 heterocycles. The van der Waals surface area contributed by atoms with Gasteiger partial charge in [-0.3, -0.25) is 9.69 Å². The van der Waals surface area contributed by atoms with E-state index in [0.29, 0.717) is 6.42 Å². The highest BCUT2D eigenvalue weighted by molar-refractivity contribution is 5.86. The molecule has 2 aliphatic rings. The molecule has 1 fully saturated rings. The molecule has 1 N–H and O–H groups in total. The van der Waals surface area contributed by atoms with Crippen molar-refractivity contribution in [1.82, 2.24) is 10.2 Å². The van der Waals surface area contributed by atoms with Gasteiger partial charge in [0.1, 0.15) is 23.4 Å². The number of fused-ring (bicyclic) bond motifs is 1. The zero-order chi connectivity index (χ0) is 24.6. The number of carbonyl (C=O) groups excluding carboxylic acids is 2. The summed E-state index contributed by atoms with van der Waals surface area (Å²) in [6.07, 6.45) is -1.09. The van der Waals surface area contributed by atoms with Crippen LogP contribution in [-0.2, 0) is 16.0 Å². The third-order valence-electron chi connectivity index (χ3n) is 6.27. The maximum atomic E-state index is 14.6. The fourth-order valence-corrected chi connectivity index (χ4v) is 4.83. The highest BCUT2D eigenvalue weighted by Gasteiger charge is 2.42. The zero-order valence-corrected chi connectivity index (χ0v) is 19.5. The van der Waals surface area contributed by atoms with E-state index in [2.05, 4.69) is 5.32 Å². The average molecular weight is 475 g/mol. The maximum absolute atomic E-state index is 14.6. The Balaban J connectivity index is 1.58. The molecule has 5 nitrogen and oxygen atoms in total. The normalized spacial score (nSPS) is 21.5. The van der Waals surface area contributed by atoms with Gasteiger partial charge >= 0.3 is 6.09 Å². The van der Waals surface area contributed by atoms with Crippen LogP contribution in [0.4, 0.5) is 18.0 Å². The van der Waals surface area contributed by atoms with Crippen molar-refractivity contribution in [2.24, 2.45) is 5.92 Å². The van der Waals surface area contributed by atoms with Crippen LogP contribution in [0.5, 0.6) is 0 Å². The first-order chi connectivity index (χ1) is 16.0. The smallest absolute Gasteiger partial charge is 0.408 e. The minimum atomic E-state index is -1.09. The van der Waals surface area contributed by atoms with Gasteiger partial charge in [0.15, 0.2) is 5.78 Å². The van der Waals surface area contributed by atoms with Gasteiger partial charge in [-0.15, -0.1) is 0 Å². The molecule has 1 aliphatic carbocycles. The first-order valence-corrected chi connectivity index (χ1v) is 11.4. The summed E-state index contributed by atoms with van der Waals surface area (Å²) in [4.78, 5) is 27.6. The van der Waals surface area contributed by atoms with E-state index in [1.165, 1.54) is 6.07 Å². The summed E-state index contributed by atoms with van der Waals surface area (Å²) < 4.78 is 47.2. The highest BCUT2D eigenvalue weighted by Crippen LogP contribution is 2.40. The number of carbonyl (C=O) groups is 2. The molecule has 34 heavy (non-hydrogen) atoms. The van der Waals surface area contributed by atoms with Gasteiger partial charge in [0, 0.05) is 31.1 Å². The second kappa shape index (κ2) is 9.41. The lowest BCUT2D eigenvalue weighted by molar-refractivity contribution is -0.129. The number of alkyl halides is 1. The lowest BCUT2D eigenvalue weighted by atomic mass is 9.88. The van der Waals surface area contributed by atoms with Gasteiger partial charge in [-0.25, -0.2) is 18.0 Å². The molecule has 0 aromatic heterocycles. The summed E-state index contributed by atoms with van der Waals surface area (Å²) >= 11 is 0. The molecule has 0 bridgehead atoms. The van der Waals surface area contributed by atoms with Crippen molar-refractivity contribution in [1.29, 1.82) is 0 Å². The molecule has 8 heteroatoms. The van der Waals surface area contributed by atoms with Crippen LogP contribution in [0.3, 0.4) is 0 Å². The second-order valence-corrected chi connectivity index (χ2v) is 10.1. The number of nitrogens with zero attached hydrogens (tertiary/aromatic N) is 1. The Morgan fingerprint density at radius 3 is 2.50 bits per heavy atom. The Hall–Kier alpha value is -2.87. The van der Waals surface area contributed by atoms with Gasteiger partial charge in [0.05, 0.1) is 12.1 Å². The third-order valence-corrected chi connectivity index (χ3v) is 6.27. The quantitative estimate of drug-likeness (QED) is 0.636. The van der Waals surface area contributed by atoms with Crippen molar-refractivity contribution < 1.29 is 27.5 Å². The highest BCUT2D eigenvalue weighted by atomic mass is 19.1. The average Bonchev–Trinajstić information content (AvgIpc) is 3.04. The fraction of sp³-hybridized carbons (Fsp3) is 0.462. The van der Waals surface area contributed by atoms with Gasteiger partial charge < -0.3 is 10.1 Å². The number of alkyl carbamates (subject to hydrolysis) is 1. The van der Waals surface area contributed by atoms with Crippen LogP contribution in [0.2, 0.25) is 0 Å². The number of hydrogen-bond acceptors (Lipinski definition) is 4. The molecule has 0 spiro atoms. The predicted molar refractivity (Wildman–Crippen MR) is 121 cm³/mol. The van der Waals surface area contributed by atoms with Crippen molar-refractivity contribution in [3.63, 3.8) is 0 Å². The van der Waals surface area contributed by atoms with Crippen LogP contribution in [-0.4, -0.2) is 41.6 Å². The fourth-order valence-electron chi connectivity index (χ4n) is 4.83. The van der Waals surface area contributed by atoms with E-state index < -0.39 is 41.6 Å². The van der Waals surface area contributed by atoms with Crippen molar-refractivity contribution >= 4 is 11.9 Å². The van der Waals surface area contributed by atoms with Gasteiger partial charge in [0.25, 0.3) is 0 Å². The van der Waals surface area contributed by atoms with E-state index in [-0.39, 0.29) is 36.8 Å². The number of Topliss-reactive ketones (excluding diaryl/α,β-unsaturated/α-hetero) is 1. The molecule has 0 saturated carbocycles.